The van der Waals surface area contributed by atoms with E-state index in [9.17, 15) is 9.18 Å². The molecule has 0 radical (unpaired) electrons. The second-order valence-electron chi connectivity index (χ2n) is 6.76. The molecule has 0 atom stereocenters. The summed E-state index contributed by atoms with van der Waals surface area (Å²) in [5.41, 5.74) is 1.54. The van der Waals surface area contributed by atoms with Gasteiger partial charge in [0.2, 0.25) is 0 Å². The minimum absolute atomic E-state index is 0.205. The predicted octanol–water partition coefficient (Wildman–Crippen LogP) is 4.44. The highest BCUT2D eigenvalue weighted by atomic mass is 19.1. The van der Waals surface area contributed by atoms with Crippen molar-refractivity contribution >= 4 is 5.91 Å². The molecule has 3 aromatic rings. The fourth-order valence-electron chi connectivity index (χ4n) is 3.02. The minimum Gasteiger partial charge on any atom is -0.490 e. The second kappa shape index (κ2) is 9.91. The number of imidazole rings is 1. The maximum absolute atomic E-state index is 14.5. The number of ether oxygens (including phenoxy) is 2. The lowest BCUT2D eigenvalue weighted by molar-refractivity contribution is 0.0950. The molecule has 158 valence electrons. The molecule has 1 heterocycles. The number of aryl methyl sites for hydroxylation is 1. The van der Waals surface area contributed by atoms with Crippen LogP contribution in [0, 0.1) is 12.7 Å². The number of hydrogen-bond donors (Lipinski definition) is 1. The van der Waals surface area contributed by atoms with Crippen LogP contribution in [0.25, 0.3) is 5.69 Å². The van der Waals surface area contributed by atoms with Crippen LogP contribution in [0.4, 0.5) is 4.39 Å². The maximum Gasteiger partial charge on any atom is 0.251 e. The lowest BCUT2D eigenvalue weighted by atomic mass is 10.1. The highest BCUT2D eigenvalue weighted by Crippen LogP contribution is 2.28. The van der Waals surface area contributed by atoms with E-state index < -0.39 is 0 Å². The molecule has 3 rings (SSSR count). The van der Waals surface area contributed by atoms with Gasteiger partial charge in [-0.3, -0.25) is 4.79 Å². The van der Waals surface area contributed by atoms with E-state index in [1.165, 1.54) is 6.07 Å². The maximum atomic E-state index is 14.5. The largest absolute Gasteiger partial charge is 0.490 e. The number of nitrogens with one attached hydrogen (secondary N) is 1. The summed E-state index contributed by atoms with van der Waals surface area (Å²) in [5, 5.41) is 2.82. The van der Waals surface area contributed by atoms with Crippen molar-refractivity contribution in [2.75, 3.05) is 13.2 Å². The molecule has 0 bridgehead atoms. The molecule has 1 aromatic heterocycles. The summed E-state index contributed by atoms with van der Waals surface area (Å²) in [6.45, 7) is 6.95. The second-order valence-corrected chi connectivity index (χ2v) is 6.76. The van der Waals surface area contributed by atoms with Crippen molar-refractivity contribution in [3.8, 4) is 17.2 Å². The third-order valence-electron chi connectivity index (χ3n) is 4.52. The predicted molar refractivity (Wildman–Crippen MR) is 113 cm³/mol. The minimum atomic E-state index is -0.376. The molecule has 6 nitrogen and oxygen atoms in total. The normalized spacial score (nSPS) is 10.7. The SMILES string of the molecule is CCCOc1ccc(C(=O)NCc2ccc(-n3ccnc3C)c(F)c2)cc1OCC. The Morgan fingerprint density at radius 1 is 1.13 bits per heavy atom. The summed E-state index contributed by atoms with van der Waals surface area (Å²) in [5.74, 6) is 1.20. The number of rotatable bonds is 9. The van der Waals surface area contributed by atoms with E-state index in [0.29, 0.717) is 47.4 Å². The third kappa shape index (κ3) is 4.97. The lowest BCUT2D eigenvalue weighted by Crippen LogP contribution is -2.23. The molecule has 1 amide bonds. The van der Waals surface area contributed by atoms with Gasteiger partial charge in [-0.15, -0.1) is 0 Å². The Bertz CT molecular complexity index is 1020. The van der Waals surface area contributed by atoms with Crippen molar-refractivity contribution in [3.05, 3.63) is 71.6 Å². The molecule has 2 aromatic carbocycles. The highest BCUT2D eigenvalue weighted by molar-refractivity contribution is 5.94. The van der Waals surface area contributed by atoms with Crippen LogP contribution in [0.2, 0.25) is 0 Å². The Morgan fingerprint density at radius 2 is 1.97 bits per heavy atom. The van der Waals surface area contributed by atoms with Gasteiger partial charge in [-0.25, -0.2) is 9.37 Å². The Kier molecular flexibility index (Phi) is 7.06. The van der Waals surface area contributed by atoms with E-state index in [1.807, 2.05) is 20.8 Å². The lowest BCUT2D eigenvalue weighted by Gasteiger charge is -2.13. The van der Waals surface area contributed by atoms with Gasteiger partial charge >= 0.3 is 0 Å². The van der Waals surface area contributed by atoms with Gasteiger partial charge in [0.05, 0.1) is 18.9 Å². The fourth-order valence-corrected chi connectivity index (χ4v) is 3.02. The monoisotopic (exact) mass is 411 g/mol. The fraction of sp³-hybridized carbons (Fsp3) is 0.304. The molecular formula is C23H26FN3O3. The van der Waals surface area contributed by atoms with Crippen LogP contribution in [0.1, 0.15) is 42.0 Å². The average Bonchev–Trinajstić information content (AvgIpc) is 3.17. The Labute approximate surface area is 175 Å². The molecule has 0 spiro atoms. The Balaban J connectivity index is 1.68. The molecule has 1 N–H and O–H groups in total. The van der Waals surface area contributed by atoms with Gasteiger partial charge in [0.1, 0.15) is 11.6 Å². The summed E-state index contributed by atoms with van der Waals surface area (Å²) in [6, 6.07) is 9.97. The molecule has 0 aliphatic rings. The molecule has 0 saturated heterocycles. The van der Waals surface area contributed by atoms with Gasteiger partial charge in [0.15, 0.2) is 11.5 Å². The summed E-state index contributed by atoms with van der Waals surface area (Å²) >= 11 is 0. The van der Waals surface area contributed by atoms with Crippen LogP contribution in [0.15, 0.2) is 48.8 Å². The van der Waals surface area contributed by atoms with Crippen LogP contribution in [0.3, 0.4) is 0 Å². The first-order valence-corrected chi connectivity index (χ1v) is 10.00. The van der Waals surface area contributed by atoms with Gasteiger partial charge in [0, 0.05) is 24.5 Å². The van der Waals surface area contributed by atoms with E-state index in [-0.39, 0.29) is 18.3 Å². The Morgan fingerprint density at radius 3 is 2.63 bits per heavy atom. The van der Waals surface area contributed by atoms with E-state index in [1.54, 1.807) is 47.3 Å². The first kappa shape index (κ1) is 21.4. The number of carbonyl (C=O) groups is 1. The standard InChI is InChI=1S/C23H26FN3O3/c1-4-12-30-21-9-7-18(14-22(21)29-5-2)23(28)26-15-17-6-8-20(19(24)13-17)27-11-10-25-16(27)3/h6-11,13-14H,4-5,12,15H2,1-3H3,(H,26,28). The van der Waals surface area contributed by atoms with E-state index in [0.717, 1.165) is 6.42 Å². The molecule has 0 saturated carbocycles. The number of amides is 1. The summed E-state index contributed by atoms with van der Waals surface area (Å²) in [6.07, 6.45) is 4.21. The van der Waals surface area contributed by atoms with Crippen LogP contribution >= 0.6 is 0 Å². The van der Waals surface area contributed by atoms with Crippen molar-refractivity contribution in [1.29, 1.82) is 0 Å². The van der Waals surface area contributed by atoms with E-state index in [4.69, 9.17) is 9.47 Å². The van der Waals surface area contributed by atoms with Crippen molar-refractivity contribution in [2.24, 2.45) is 0 Å². The zero-order chi connectivity index (χ0) is 21.5. The van der Waals surface area contributed by atoms with Gasteiger partial charge in [0.25, 0.3) is 5.91 Å². The van der Waals surface area contributed by atoms with Crippen molar-refractivity contribution in [3.63, 3.8) is 0 Å². The first-order valence-electron chi connectivity index (χ1n) is 10.00. The molecular weight excluding hydrogens is 385 g/mol. The van der Waals surface area contributed by atoms with Gasteiger partial charge in [-0.1, -0.05) is 13.0 Å². The van der Waals surface area contributed by atoms with Crippen molar-refractivity contribution in [1.82, 2.24) is 14.9 Å². The van der Waals surface area contributed by atoms with Gasteiger partial charge < -0.3 is 19.4 Å². The molecule has 0 fully saturated rings. The zero-order valence-electron chi connectivity index (χ0n) is 17.4. The van der Waals surface area contributed by atoms with Gasteiger partial charge in [-0.05, 0) is 56.2 Å². The number of halogens is 1. The smallest absolute Gasteiger partial charge is 0.251 e. The average molecular weight is 411 g/mol. The molecule has 0 aliphatic carbocycles. The molecule has 30 heavy (non-hydrogen) atoms. The van der Waals surface area contributed by atoms with E-state index >= 15 is 0 Å². The molecule has 0 unspecified atom stereocenters. The molecule has 0 aliphatic heterocycles. The number of nitrogens with zero attached hydrogens (tertiary/aromatic N) is 2. The number of benzene rings is 2. The van der Waals surface area contributed by atoms with Crippen LogP contribution < -0.4 is 14.8 Å². The van der Waals surface area contributed by atoms with Gasteiger partial charge in [-0.2, -0.15) is 0 Å². The topological polar surface area (TPSA) is 65.4 Å². The highest BCUT2D eigenvalue weighted by Gasteiger charge is 2.13. The molecule has 7 heteroatoms. The Hall–Kier alpha value is -3.35. The quantitative estimate of drug-likeness (QED) is 0.565. The number of carbonyl (C=O) groups excluding carboxylic acids is 1. The van der Waals surface area contributed by atoms with E-state index in [2.05, 4.69) is 10.3 Å². The summed E-state index contributed by atoms with van der Waals surface area (Å²) < 4.78 is 27.5. The number of aromatic nitrogens is 2. The van der Waals surface area contributed by atoms with Crippen LogP contribution in [-0.4, -0.2) is 28.7 Å². The van der Waals surface area contributed by atoms with Crippen LogP contribution in [0.5, 0.6) is 11.5 Å². The van der Waals surface area contributed by atoms with Crippen LogP contribution in [-0.2, 0) is 6.54 Å². The first-order chi connectivity index (χ1) is 14.5. The summed E-state index contributed by atoms with van der Waals surface area (Å²) in [4.78, 5) is 16.7. The third-order valence-corrected chi connectivity index (χ3v) is 4.52. The van der Waals surface area contributed by atoms with Crippen molar-refractivity contribution < 1.29 is 18.7 Å². The summed E-state index contributed by atoms with van der Waals surface area (Å²) in [7, 11) is 0. The zero-order valence-corrected chi connectivity index (χ0v) is 17.4. The number of hydrogen-bond acceptors (Lipinski definition) is 4. The van der Waals surface area contributed by atoms with Crippen molar-refractivity contribution in [2.45, 2.75) is 33.7 Å².